The van der Waals surface area contributed by atoms with Gasteiger partial charge in [0, 0.05) is 10.8 Å². The molecule has 2 aliphatic rings. The number of fused-ring (bicyclic) bond motifs is 6. The van der Waals surface area contributed by atoms with Gasteiger partial charge >= 0.3 is 0 Å². The van der Waals surface area contributed by atoms with Gasteiger partial charge in [-0.15, -0.1) is 0 Å². The van der Waals surface area contributed by atoms with Crippen LogP contribution in [0.3, 0.4) is 0 Å². The Morgan fingerprint density at radius 3 is 1.30 bits per heavy atom. The molecule has 0 saturated carbocycles. The molecule has 9 rings (SSSR count). The van der Waals surface area contributed by atoms with E-state index in [1.165, 1.54) is 77.4 Å². The molecule has 46 heavy (non-hydrogen) atoms. The van der Waals surface area contributed by atoms with Gasteiger partial charge in [0.2, 0.25) is 0 Å². The van der Waals surface area contributed by atoms with Gasteiger partial charge in [0.25, 0.3) is 0 Å². The Labute approximate surface area is 269 Å². The van der Waals surface area contributed by atoms with Crippen molar-refractivity contribution in [2.45, 2.75) is 12.1 Å². The Hall–Kier alpha value is -5.86. The van der Waals surface area contributed by atoms with Crippen molar-refractivity contribution in [3.63, 3.8) is 0 Å². The summed E-state index contributed by atoms with van der Waals surface area (Å²) < 4.78 is 0. The van der Waals surface area contributed by atoms with Gasteiger partial charge in [0.15, 0.2) is 0 Å². The first-order valence-electron chi connectivity index (χ1n) is 16.0. The second kappa shape index (κ2) is 10.9. The number of nitrogens with one attached hydrogen (secondary N) is 2. The van der Waals surface area contributed by atoms with Gasteiger partial charge in [-0.2, -0.15) is 0 Å². The minimum Gasteiger partial charge on any atom is -0.374 e. The maximum absolute atomic E-state index is 3.90. The highest BCUT2D eigenvalue weighted by atomic mass is 14.9. The number of rotatable bonds is 4. The average Bonchev–Trinajstić information content (AvgIpc) is 3.14. The summed E-state index contributed by atoms with van der Waals surface area (Å²) in [5.41, 5.74) is 12.3. The standard InChI is InChI=1S/C44H32N2/c1-3-8-29(9-4-1)35-20-16-31-14-18-33-22-24-41(45-43(33)39(31)27-35)37-12-7-13-38(26-37)42-25-23-34-19-15-32-17-21-36(28-40(32)44(34)46-42)30-10-5-2-6-11-30/h1-28,41-42,45-46H. The van der Waals surface area contributed by atoms with E-state index in [-0.39, 0.29) is 12.1 Å². The van der Waals surface area contributed by atoms with E-state index >= 15 is 0 Å². The number of hydrogen-bond acceptors (Lipinski definition) is 2. The summed E-state index contributed by atoms with van der Waals surface area (Å²) in [6.07, 6.45) is 9.10. The van der Waals surface area contributed by atoms with Gasteiger partial charge in [-0.25, -0.2) is 0 Å². The van der Waals surface area contributed by atoms with Crippen molar-refractivity contribution in [2.24, 2.45) is 0 Å². The second-order valence-electron chi connectivity index (χ2n) is 12.3. The summed E-state index contributed by atoms with van der Waals surface area (Å²) in [6, 6.07) is 52.8. The highest BCUT2D eigenvalue weighted by Crippen LogP contribution is 2.40. The minimum atomic E-state index is 0.0764. The Morgan fingerprint density at radius 2 is 0.826 bits per heavy atom. The van der Waals surface area contributed by atoms with E-state index in [1.54, 1.807) is 0 Å². The predicted octanol–water partition coefficient (Wildman–Crippen LogP) is 11.7. The first kappa shape index (κ1) is 26.5. The Balaban J connectivity index is 1.04. The Bertz CT molecular complexity index is 2150. The van der Waals surface area contributed by atoms with Crippen LogP contribution in [0.2, 0.25) is 0 Å². The molecule has 0 spiro atoms. The van der Waals surface area contributed by atoms with E-state index in [1.807, 2.05) is 0 Å². The van der Waals surface area contributed by atoms with Crippen LogP contribution in [0, 0.1) is 0 Å². The van der Waals surface area contributed by atoms with E-state index < -0.39 is 0 Å². The van der Waals surface area contributed by atoms with Crippen LogP contribution < -0.4 is 10.6 Å². The van der Waals surface area contributed by atoms with Crippen LogP contribution in [0.15, 0.2) is 158 Å². The molecule has 2 atom stereocenters. The highest BCUT2D eigenvalue weighted by Gasteiger charge is 2.21. The van der Waals surface area contributed by atoms with Gasteiger partial charge in [-0.3, -0.25) is 0 Å². The summed E-state index contributed by atoms with van der Waals surface area (Å²) in [5, 5.41) is 12.8. The lowest BCUT2D eigenvalue weighted by molar-refractivity contribution is 0.943. The predicted molar refractivity (Wildman–Crippen MR) is 196 cm³/mol. The third kappa shape index (κ3) is 4.67. The lowest BCUT2D eigenvalue weighted by Gasteiger charge is -2.27. The van der Waals surface area contributed by atoms with Crippen LogP contribution >= 0.6 is 0 Å². The maximum Gasteiger partial charge on any atom is 0.0701 e. The molecule has 0 aliphatic carbocycles. The molecule has 218 valence electrons. The molecule has 0 aromatic heterocycles. The molecule has 2 N–H and O–H groups in total. The molecule has 0 radical (unpaired) electrons. The lowest BCUT2D eigenvalue weighted by Crippen LogP contribution is -2.15. The highest BCUT2D eigenvalue weighted by molar-refractivity contribution is 6.02. The van der Waals surface area contributed by atoms with E-state index in [0.29, 0.717) is 0 Å². The van der Waals surface area contributed by atoms with Crippen LogP contribution in [0.4, 0.5) is 11.4 Å². The molecule has 0 amide bonds. The molecule has 2 unspecified atom stereocenters. The summed E-state index contributed by atoms with van der Waals surface area (Å²) in [5.74, 6) is 0. The fourth-order valence-electron chi connectivity index (χ4n) is 7.04. The zero-order chi connectivity index (χ0) is 30.5. The van der Waals surface area contributed by atoms with Crippen molar-refractivity contribution >= 4 is 45.1 Å². The minimum absolute atomic E-state index is 0.0764. The fraction of sp³-hybridized carbons (Fsp3) is 0.0455. The Morgan fingerprint density at radius 1 is 0.370 bits per heavy atom. The summed E-state index contributed by atoms with van der Waals surface area (Å²) >= 11 is 0. The molecule has 2 nitrogen and oxygen atoms in total. The van der Waals surface area contributed by atoms with E-state index in [4.69, 9.17) is 0 Å². The third-order valence-corrected chi connectivity index (χ3v) is 9.49. The first-order valence-corrected chi connectivity index (χ1v) is 16.0. The van der Waals surface area contributed by atoms with Gasteiger partial charge in [-0.1, -0.05) is 158 Å². The van der Waals surface area contributed by atoms with Crippen molar-refractivity contribution in [1.29, 1.82) is 0 Å². The van der Waals surface area contributed by atoms with Crippen molar-refractivity contribution in [3.05, 3.63) is 180 Å². The van der Waals surface area contributed by atoms with E-state index in [2.05, 4.69) is 181 Å². The van der Waals surface area contributed by atoms with Crippen molar-refractivity contribution in [3.8, 4) is 22.3 Å². The maximum atomic E-state index is 3.90. The molecule has 2 heteroatoms. The summed E-state index contributed by atoms with van der Waals surface area (Å²) in [7, 11) is 0. The number of benzene rings is 7. The van der Waals surface area contributed by atoms with Crippen LogP contribution in [0.5, 0.6) is 0 Å². The van der Waals surface area contributed by atoms with Crippen molar-refractivity contribution in [2.75, 3.05) is 10.6 Å². The largest absolute Gasteiger partial charge is 0.374 e. The zero-order valence-corrected chi connectivity index (χ0v) is 25.3. The molecule has 0 fully saturated rings. The quantitative estimate of drug-likeness (QED) is 0.214. The molecule has 7 aromatic carbocycles. The molecule has 2 heterocycles. The second-order valence-corrected chi connectivity index (χ2v) is 12.3. The molecule has 0 saturated heterocycles. The van der Waals surface area contributed by atoms with E-state index in [9.17, 15) is 0 Å². The fourth-order valence-corrected chi connectivity index (χ4v) is 7.04. The third-order valence-electron chi connectivity index (χ3n) is 9.49. The molecule has 0 bridgehead atoms. The average molecular weight is 589 g/mol. The van der Waals surface area contributed by atoms with Crippen molar-refractivity contribution < 1.29 is 0 Å². The Kier molecular flexibility index (Phi) is 6.31. The molecule has 2 aliphatic heterocycles. The van der Waals surface area contributed by atoms with Gasteiger partial charge < -0.3 is 10.6 Å². The van der Waals surface area contributed by atoms with Crippen molar-refractivity contribution in [1.82, 2.24) is 0 Å². The normalized spacial score (nSPS) is 16.4. The van der Waals surface area contributed by atoms with Gasteiger partial charge in [0.05, 0.1) is 23.5 Å². The smallest absolute Gasteiger partial charge is 0.0701 e. The zero-order valence-electron chi connectivity index (χ0n) is 25.3. The SMILES string of the molecule is C1=CC(c2cccc(C3C=Cc4ccc5ccc(-c6ccccc6)cc5c4N3)c2)Nc2c1ccc1ccc(-c3ccccc3)cc21. The van der Waals surface area contributed by atoms with E-state index in [0.717, 1.165) is 0 Å². The number of anilines is 2. The van der Waals surface area contributed by atoms with Crippen LogP contribution in [0.1, 0.15) is 34.3 Å². The number of hydrogen-bond donors (Lipinski definition) is 2. The molecular formula is C44H32N2. The monoisotopic (exact) mass is 588 g/mol. The summed E-state index contributed by atoms with van der Waals surface area (Å²) in [6.45, 7) is 0. The topological polar surface area (TPSA) is 24.1 Å². The lowest BCUT2D eigenvalue weighted by atomic mass is 9.91. The first-order chi connectivity index (χ1) is 22.8. The van der Waals surface area contributed by atoms with Crippen LogP contribution in [0.25, 0.3) is 56.0 Å². The van der Waals surface area contributed by atoms with Crippen LogP contribution in [-0.2, 0) is 0 Å². The van der Waals surface area contributed by atoms with Gasteiger partial charge in [0.1, 0.15) is 0 Å². The molecule has 7 aromatic rings. The van der Waals surface area contributed by atoms with Crippen LogP contribution in [-0.4, -0.2) is 0 Å². The summed E-state index contributed by atoms with van der Waals surface area (Å²) in [4.78, 5) is 0. The molecular weight excluding hydrogens is 556 g/mol. The van der Waals surface area contributed by atoms with Gasteiger partial charge in [-0.05, 0) is 67.4 Å².